The van der Waals surface area contributed by atoms with Gasteiger partial charge in [0.1, 0.15) is 0 Å². The average Bonchev–Trinajstić information content (AvgIpc) is 2.97. The fraction of sp³-hybridized carbons (Fsp3) is 0.111. The molecule has 0 saturated carbocycles. The van der Waals surface area contributed by atoms with E-state index < -0.39 is 0 Å². The highest BCUT2D eigenvalue weighted by Crippen LogP contribution is 2.35. The van der Waals surface area contributed by atoms with Crippen molar-refractivity contribution in [1.29, 1.82) is 0 Å². The summed E-state index contributed by atoms with van der Waals surface area (Å²) < 4.78 is 3.75. The summed E-state index contributed by atoms with van der Waals surface area (Å²) in [5, 5.41) is 3.52. The SMILES string of the molecule is Cc1cc(C)cc(-n2c3ccccc3c3sccc32)c1. The van der Waals surface area contributed by atoms with Crippen molar-refractivity contribution >= 4 is 32.5 Å². The summed E-state index contributed by atoms with van der Waals surface area (Å²) in [7, 11) is 0. The Morgan fingerprint density at radius 2 is 1.60 bits per heavy atom. The summed E-state index contributed by atoms with van der Waals surface area (Å²) in [5.74, 6) is 0. The molecule has 0 aliphatic carbocycles. The molecule has 0 aliphatic heterocycles. The van der Waals surface area contributed by atoms with Crippen LogP contribution in [0.5, 0.6) is 0 Å². The summed E-state index contributed by atoms with van der Waals surface area (Å²) in [4.78, 5) is 0. The van der Waals surface area contributed by atoms with Gasteiger partial charge >= 0.3 is 0 Å². The molecule has 0 N–H and O–H groups in total. The molecule has 0 fully saturated rings. The van der Waals surface area contributed by atoms with E-state index in [0.717, 1.165) is 0 Å². The first-order valence-electron chi connectivity index (χ1n) is 6.79. The standard InChI is InChI=1S/C18H15NS/c1-12-9-13(2)11-14(10-12)19-16-6-4-3-5-15(16)18-17(19)7-8-20-18/h3-11H,1-2H3. The summed E-state index contributed by atoms with van der Waals surface area (Å²) >= 11 is 1.82. The van der Waals surface area contributed by atoms with Gasteiger partial charge in [0.25, 0.3) is 0 Å². The van der Waals surface area contributed by atoms with Crippen LogP contribution >= 0.6 is 11.3 Å². The Labute approximate surface area is 122 Å². The lowest BCUT2D eigenvalue weighted by atomic mass is 10.1. The van der Waals surface area contributed by atoms with Gasteiger partial charge in [0.2, 0.25) is 0 Å². The zero-order valence-corrected chi connectivity index (χ0v) is 12.4. The Bertz CT molecular complexity index is 907. The maximum absolute atomic E-state index is 2.38. The van der Waals surface area contributed by atoms with Gasteiger partial charge in [-0.05, 0) is 54.6 Å². The van der Waals surface area contributed by atoms with Crippen LogP contribution in [0.15, 0.2) is 53.9 Å². The molecule has 0 unspecified atom stereocenters. The van der Waals surface area contributed by atoms with Crippen LogP contribution in [0.4, 0.5) is 0 Å². The van der Waals surface area contributed by atoms with Gasteiger partial charge < -0.3 is 4.57 Å². The van der Waals surface area contributed by atoms with E-state index in [-0.39, 0.29) is 0 Å². The molecule has 4 aromatic rings. The minimum Gasteiger partial charge on any atom is -0.308 e. The molecule has 2 heterocycles. The van der Waals surface area contributed by atoms with E-state index in [1.807, 2.05) is 11.3 Å². The van der Waals surface area contributed by atoms with Crippen molar-refractivity contribution in [2.24, 2.45) is 0 Å². The summed E-state index contributed by atoms with van der Waals surface area (Å²) in [5.41, 5.74) is 6.47. The summed E-state index contributed by atoms with van der Waals surface area (Å²) in [6, 6.07) is 17.6. The van der Waals surface area contributed by atoms with Gasteiger partial charge in [-0.1, -0.05) is 24.3 Å². The fourth-order valence-electron chi connectivity index (χ4n) is 3.03. The van der Waals surface area contributed by atoms with E-state index in [4.69, 9.17) is 0 Å². The molecule has 98 valence electrons. The molecule has 2 aromatic heterocycles. The van der Waals surface area contributed by atoms with Gasteiger partial charge in [-0.3, -0.25) is 0 Å². The average molecular weight is 277 g/mol. The topological polar surface area (TPSA) is 4.93 Å². The molecule has 0 saturated heterocycles. The molecule has 0 radical (unpaired) electrons. The quantitative estimate of drug-likeness (QED) is 0.435. The third-order valence-electron chi connectivity index (χ3n) is 3.74. The van der Waals surface area contributed by atoms with Crippen molar-refractivity contribution in [1.82, 2.24) is 4.57 Å². The molecule has 0 aliphatic rings. The number of hydrogen-bond acceptors (Lipinski definition) is 1. The molecule has 4 rings (SSSR count). The van der Waals surface area contributed by atoms with E-state index in [0.29, 0.717) is 0 Å². The number of benzene rings is 2. The third-order valence-corrected chi connectivity index (χ3v) is 4.68. The molecular formula is C18H15NS. The molecule has 2 heteroatoms. The van der Waals surface area contributed by atoms with Gasteiger partial charge in [0, 0.05) is 11.1 Å². The number of rotatable bonds is 1. The fourth-order valence-corrected chi connectivity index (χ4v) is 3.94. The Morgan fingerprint density at radius 1 is 0.850 bits per heavy atom. The van der Waals surface area contributed by atoms with Crippen LogP contribution in [-0.4, -0.2) is 4.57 Å². The molecule has 0 amide bonds. The minimum absolute atomic E-state index is 1.26. The highest BCUT2D eigenvalue weighted by Gasteiger charge is 2.12. The zero-order chi connectivity index (χ0) is 13.7. The van der Waals surface area contributed by atoms with E-state index in [1.54, 1.807) is 0 Å². The van der Waals surface area contributed by atoms with Crippen molar-refractivity contribution < 1.29 is 0 Å². The van der Waals surface area contributed by atoms with Gasteiger partial charge in [-0.25, -0.2) is 0 Å². The van der Waals surface area contributed by atoms with Gasteiger partial charge in [0.05, 0.1) is 15.7 Å². The first-order valence-corrected chi connectivity index (χ1v) is 7.67. The predicted molar refractivity (Wildman–Crippen MR) is 88.1 cm³/mol. The number of thiophene rings is 1. The van der Waals surface area contributed by atoms with Crippen LogP contribution in [-0.2, 0) is 0 Å². The largest absolute Gasteiger partial charge is 0.308 e. The smallest absolute Gasteiger partial charge is 0.0648 e. The molecule has 1 nitrogen and oxygen atoms in total. The minimum atomic E-state index is 1.26. The second-order valence-electron chi connectivity index (χ2n) is 5.33. The highest BCUT2D eigenvalue weighted by atomic mass is 32.1. The van der Waals surface area contributed by atoms with Crippen molar-refractivity contribution in [3.8, 4) is 5.69 Å². The van der Waals surface area contributed by atoms with Gasteiger partial charge in [-0.2, -0.15) is 0 Å². The molecule has 0 atom stereocenters. The third kappa shape index (κ3) is 1.61. The van der Waals surface area contributed by atoms with Crippen LogP contribution in [0.2, 0.25) is 0 Å². The number of nitrogens with zero attached hydrogens (tertiary/aromatic N) is 1. The summed E-state index contributed by atoms with van der Waals surface area (Å²) in [6.45, 7) is 4.32. The first-order chi connectivity index (χ1) is 9.74. The Kier molecular flexibility index (Phi) is 2.48. The molecule has 20 heavy (non-hydrogen) atoms. The van der Waals surface area contributed by atoms with Crippen LogP contribution in [0.3, 0.4) is 0 Å². The second kappa shape index (κ2) is 4.22. The Morgan fingerprint density at radius 3 is 2.40 bits per heavy atom. The number of fused-ring (bicyclic) bond motifs is 3. The van der Waals surface area contributed by atoms with Crippen LogP contribution in [0, 0.1) is 13.8 Å². The Hall–Kier alpha value is -2.06. The van der Waals surface area contributed by atoms with Crippen molar-refractivity contribution in [2.45, 2.75) is 13.8 Å². The lowest BCUT2D eigenvalue weighted by Crippen LogP contribution is -1.94. The normalized spacial score (nSPS) is 11.5. The zero-order valence-electron chi connectivity index (χ0n) is 11.6. The van der Waals surface area contributed by atoms with E-state index in [1.165, 1.54) is 37.9 Å². The predicted octanol–water partition coefficient (Wildman–Crippen LogP) is 5.46. The number of para-hydroxylation sites is 1. The monoisotopic (exact) mass is 277 g/mol. The first kappa shape index (κ1) is 11.7. The number of hydrogen-bond donors (Lipinski definition) is 0. The molecule has 0 spiro atoms. The Balaban J connectivity index is 2.18. The summed E-state index contributed by atoms with van der Waals surface area (Å²) in [6.07, 6.45) is 0. The van der Waals surface area contributed by atoms with Crippen LogP contribution in [0.1, 0.15) is 11.1 Å². The maximum atomic E-state index is 2.38. The number of aryl methyl sites for hydroxylation is 2. The van der Waals surface area contributed by atoms with Crippen molar-refractivity contribution in [3.05, 3.63) is 65.0 Å². The van der Waals surface area contributed by atoms with Gasteiger partial charge in [-0.15, -0.1) is 11.3 Å². The second-order valence-corrected chi connectivity index (χ2v) is 6.25. The molecule has 0 bridgehead atoms. The van der Waals surface area contributed by atoms with Crippen molar-refractivity contribution in [2.75, 3.05) is 0 Å². The van der Waals surface area contributed by atoms with Gasteiger partial charge in [0.15, 0.2) is 0 Å². The van der Waals surface area contributed by atoms with Crippen LogP contribution < -0.4 is 0 Å². The van der Waals surface area contributed by atoms with Crippen LogP contribution in [0.25, 0.3) is 26.8 Å². The van der Waals surface area contributed by atoms with E-state index in [9.17, 15) is 0 Å². The maximum Gasteiger partial charge on any atom is 0.0648 e. The molecule has 2 aromatic carbocycles. The number of aromatic nitrogens is 1. The highest BCUT2D eigenvalue weighted by molar-refractivity contribution is 7.18. The van der Waals surface area contributed by atoms with E-state index >= 15 is 0 Å². The molecular weight excluding hydrogens is 262 g/mol. The van der Waals surface area contributed by atoms with Crippen molar-refractivity contribution in [3.63, 3.8) is 0 Å². The van der Waals surface area contributed by atoms with E-state index in [2.05, 4.69) is 72.3 Å². The lowest BCUT2D eigenvalue weighted by Gasteiger charge is -2.09. The lowest BCUT2D eigenvalue weighted by molar-refractivity contribution is 1.16.